The Hall–Kier alpha value is -3.52. The summed E-state index contributed by atoms with van der Waals surface area (Å²) < 4.78 is 16.6. The Kier molecular flexibility index (Phi) is 6.91. The van der Waals surface area contributed by atoms with E-state index in [0.717, 1.165) is 11.1 Å². The van der Waals surface area contributed by atoms with Crippen LogP contribution in [0.15, 0.2) is 59.0 Å². The van der Waals surface area contributed by atoms with E-state index in [4.69, 9.17) is 13.9 Å². The topological polar surface area (TPSA) is 94.8 Å². The summed E-state index contributed by atoms with van der Waals surface area (Å²) >= 11 is 0. The quantitative estimate of drug-likeness (QED) is 0.526. The molecule has 0 radical (unpaired) electrons. The van der Waals surface area contributed by atoms with Crippen molar-refractivity contribution >= 4 is 11.9 Å². The molecular weight excluding hydrogens is 410 g/mol. The van der Waals surface area contributed by atoms with Crippen LogP contribution in [0.25, 0.3) is 11.5 Å². The first kappa shape index (κ1) is 21.7. The van der Waals surface area contributed by atoms with E-state index in [1.807, 2.05) is 49.4 Å². The fraction of sp³-hybridized carbons (Fsp3) is 0.333. The maximum atomic E-state index is 13.0. The number of carbonyl (C=O) groups excluding carboxylic acids is 2. The number of ether oxygens (including phenoxy) is 2. The summed E-state index contributed by atoms with van der Waals surface area (Å²) in [5.74, 6) is -0.00541. The van der Waals surface area contributed by atoms with Crippen LogP contribution < -0.4 is 0 Å². The number of aryl methyl sites for hydroxylation is 2. The SMILES string of the molecule is Cc1ccc(-c2nnc(CCC(=O)OC(C(=O)N3CCOCC3)c3ccccc3)o2)cc1. The van der Waals surface area contributed by atoms with Gasteiger partial charge in [0.2, 0.25) is 17.9 Å². The molecule has 1 fully saturated rings. The minimum Gasteiger partial charge on any atom is -0.447 e. The van der Waals surface area contributed by atoms with Crippen LogP contribution in [0, 0.1) is 6.92 Å². The third-order valence-corrected chi connectivity index (χ3v) is 5.21. The van der Waals surface area contributed by atoms with Gasteiger partial charge in [-0.15, -0.1) is 10.2 Å². The summed E-state index contributed by atoms with van der Waals surface area (Å²) in [4.78, 5) is 27.3. The molecule has 0 N–H and O–H groups in total. The van der Waals surface area contributed by atoms with Crippen LogP contribution in [-0.2, 0) is 25.5 Å². The van der Waals surface area contributed by atoms with Crippen molar-refractivity contribution in [2.75, 3.05) is 26.3 Å². The lowest BCUT2D eigenvalue weighted by Gasteiger charge is -2.30. The first-order chi connectivity index (χ1) is 15.6. The van der Waals surface area contributed by atoms with E-state index in [0.29, 0.717) is 43.6 Å². The van der Waals surface area contributed by atoms with Crippen LogP contribution in [0.2, 0.25) is 0 Å². The molecule has 1 saturated heterocycles. The highest BCUT2D eigenvalue weighted by Gasteiger charge is 2.30. The standard InChI is InChI=1S/C24H25N3O5/c1-17-7-9-19(10-8-17)23-26-25-20(31-23)11-12-21(28)32-22(18-5-3-2-4-6-18)24(29)27-13-15-30-16-14-27/h2-10,22H,11-16H2,1H3. The van der Waals surface area contributed by atoms with Gasteiger partial charge in [-0.05, 0) is 19.1 Å². The summed E-state index contributed by atoms with van der Waals surface area (Å²) in [6.07, 6.45) is -0.743. The average molecular weight is 435 g/mol. The first-order valence-corrected chi connectivity index (χ1v) is 10.6. The second-order valence-corrected chi connectivity index (χ2v) is 7.59. The first-order valence-electron chi connectivity index (χ1n) is 10.6. The number of rotatable bonds is 7. The minimum atomic E-state index is -0.993. The van der Waals surface area contributed by atoms with Crippen LogP contribution in [0.4, 0.5) is 0 Å². The third kappa shape index (κ3) is 5.39. The number of nitrogens with zero attached hydrogens (tertiary/aromatic N) is 3. The van der Waals surface area contributed by atoms with Crippen molar-refractivity contribution in [1.82, 2.24) is 15.1 Å². The molecule has 2 aromatic carbocycles. The molecule has 166 valence electrons. The Bertz CT molecular complexity index is 1040. The van der Waals surface area contributed by atoms with Gasteiger partial charge >= 0.3 is 5.97 Å². The fourth-order valence-electron chi connectivity index (χ4n) is 3.41. The van der Waals surface area contributed by atoms with E-state index in [2.05, 4.69) is 10.2 Å². The molecule has 1 unspecified atom stereocenters. The number of carbonyl (C=O) groups is 2. The smallest absolute Gasteiger partial charge is 0.307 e. The van der Waals surface area contributed by atoms with Crippen molar-refractivity contribution in [2.24, 2.45) is 0 Å². The van der Waals surface area contributed by atoms with Crippen molar-refractivity contribution < 1.29 is 23.5 Å². The van der Waals surface area contributed by atoms with Gasteiger partial charge in [0.05, 0.1) is 19.6 Å². The van der Waals surface area contributed by atoms with Crippen molar-refractivity contribution in [2.45, 2.75) is 25.9 Å². The van der Waals surface area contributed by atoms with Crippen LogP contribution >= 0.6 is 0 Å². The van der Waals surface area contributed by atoms with Gasteiger partial charge in [0.25, 0.3) is 5.91 Å². The van der Waals surface area contributed by atoms with Gasteiger partial charge in [-0.2, -0.15) is 0 Å². The van der Waals surface area contributed by atoms with Crippen molar-refractivity contribution in [1.29, 1.82) is 0 Å². The van der Waals surface area contributed by atoms with Gasteiger partial charge < -0.3 is 18.8 Å². The number of aromatic nitrogens is 2. The second kappa shape index (κ2) is 10.2. The van der Waals surface area contributed by atoms with Crippen LogP contribution in [0.5, 0.6) is 0 Å². The number of hydrogen-bond donors (Lipinski definition) is 0. The Morgan fingerprint density at radius 1 is 1.03 bits per heavy atom. The predicted molar refractivity (Wildman–Crippen MR) is 115 cm³/mol. The molecule has 3 aromatic rings. The lowest BCUT2D eigenvalue weighted by Crippen LogP contribution is -2.44. The predicted octanol–water partition coefficient (Wildman–Crippen LogP) is 3.12. The number of benzene rings is 2. The van der Waals surface area contributed by atoms with Gasteiger partial charge in [0.15, 0.2) is 0 Å². The fourth-order valence-corrected chi connectivity index (χ4v) is 3.41. The zero-order valence-corrected chi connectivity index (χ0v) is 17.9. The second-order valence-electron chi connectivity index (χ2n) is 7.59. The van der Waals surface area contributed by atoms with Crippen molar-refractivity contribution in [3.63, 3.8) is 0 Å². The van der Waals surface area contributed by atoms with E-state index in [9.17, 15) is 9.59 Å². The summed E-state index contributed by atoms with van der Waals surface area (Å²) in [5.41, 5.74) is 2.59. The largest absolute Gasteiger partial charge is 0.447 e. The molecule has 0 saturated carbocycles. The molecule has 1 aliphatic rings. The lowest BCUT2D eigenvalue weighted by atomic mass is 10.1. The monoisotopic (exact) mass is 435 g/mol. The van der Waals surface area contributed by atoms with Crippen molar-refractivity contribution in [3.05, 3.63) is 71.6 Å². The van der Waals surface area contributed by atoms with Crippen LogP contribution in [-0.4, -0.2) is 53.3 Å². The number of morpholine rings is 1. The summed E-state index contributed by atoms with van der Waals surface area (Å²) in [7, 11) is 0. The highest BCUT2D eigenvalue weighted by molar-refractivity contribution is 5.85. The Labute approximate surface area is 186 Å². The molecule has 1 amide bonds. The zero-order chi connectivity index (χ0) is 22.3. The molecular formula is C24H25N3O5. The molecule has 0 bridgehead atoms. The molecule has 1 atom stereocenters. The maximum Gasteiger partial charge on any atom is 0.307 e. The molecule has 1 aliphatic heterocycles. The number of esters is 1. The van der Waals surface area contributed by atoms with E-state index in [1.165, 1.54) is 0 Å². The zero-order valence-electron chi connectivity index (χ0n) is 17.9. The Morgan fingerprint density at radius 2 is 1.75 bits per heavy atom. The normalized spacial score (nSPS) is 14.7. The maximum absolute atomic E-state index is 13.0. The molecule has 8 nitrogen and oxygen atoms in total. The number of amides is 1. The summed E-state index contributed by atoms with van der Waals surface area (Å²) in [5, 5.41) is 8.07. The Balaban J connectivity index is 1.39. The lowest BCUT2D eigenvalue weighted by molar-refractivity contribution is -0.162. The minimum absolute atomic E-state index is 0.0231. The number of hydrogen-bond acceptors (Lipinski definition) is 7. The third-order valence-electron chi connectivity index (χ3n) is 5.21. The van der Waals surface area contributed by atoms with Gasteiger partial charge in [0, 0.05) is 30.6 Å². The average Bonchev–Trinajstić information content (AvgIpc) is 3.31. The molecule has 1 aromatic heterocycles. The molecule has 8 heteroatoms. The van der Waals surface area contributed by atoms with E-state index in [-0.39, 0.29) is 18.7 Å². The van der Waals surface area contributed by atoms with Crippen molar-refractivity contribution in [3.8, 4) is 11.5 Å². The molecule has 0 spiro atoms. The highest BCUT2D eigenvalue weighted by atomic mass is 16.5. The van der Waals surface area contributed by atoms with Gasteiger partial charge in [-0.3, -0.25) is 9.59 Å². The summed E-state index contributed by atoms with van der Waals surface area (Å²) in [6, 6.07) is 16.8. The van der Waals surface area contributed by atoms with Gasteiger partial charge in [0.1, 0.15) is 0 Å². The molecule has 32 heavy (non-hydrogen) atoms. The van der Waals surface area contributed by atoms with Gasteiger partial charge in [-0.1, -0.05) is 48.0 Å². The molecule has 0 aliphatic carbocycles. The summed E-state index contributed by atoms with van der Waals surface area (Å²) in [6.45, 7) is 3.90. The molecule has 4 rings (SSSR count). The highest BCUT2D eigenvalue weighted by Crippen LogP contribution is 2.23. The van der Waals surface area contributed by atoms with Crippen LogP contribution in [0.3, 0.4) is 0 Å². The van der Waals surface area contributed by atoms with E-state index in [1.54, 1.807) is 17.0 Å². The van der Waals surface area contributed by atoms with E-state index < -0.39 is 12.1 Å². The van der Waals surface area contributed by atoms with Crippen LogP contribution in [0.1, 0.15) is 29.5 Å². The van der Waals surface area contributed by atoms with Gasteiger partial charge in [-0.25, -0.2) is 0 Å². The Morgan fingerprint density at radius 3 is 2.47 bits per heavy atom. The van der Waals surface area contributed by atoms with E-state index >= 15 is 0 Å². The molecule has 2 heterocycles.